The highest BCUT2D eigenvalue weighted by Gasteiger charge is 2.25. The number of nitrogens with one attached hydrogen (secondary N) is 1. The van der Waals surface area contributed by atoms with Crippen LogP contribution in [0.5, 0.6) is 0 Å². The second-order valence-electron chi connectivity index (χ2n) is 7.76. The van der Waals surface area contributed by atoms with Crippen molar-refractivity contribution >= 4 is 40.8 Å². The molecular formula is C20H25N3O4S2. The first-order chi connectivity index (χ1) is 13.7. The first-order valence-electron chi connectivity index (χ1n) is 9.36. The number of thioether (sulfide) groups is 1. The normalized spacial score (nSPS) is 16.7. The molecule has 1 aliphatic heterocycles. The summed E-state index contributed by atoms with van der Waals surface area (Å²) in [4.78, 5) is 29.5. The molecule has 0 aliphatic carbocycles. The number of rotatable bonds is 6. The Morgan fingerprint density at radius 3 is 2.93 bits per heavy atom. The van der Waals surface area contributed by atoms with E-state index < -0.39 is 17.7 Å². The number of carbonyl (C=O) groups excluding carboxylic acids is 1. The van der Waals surface area contributed by atoms with Crippen molar-refractivity contribution < 1.29 is 19.4 Å². The Balaban J connectivity index is 1.50. The fourth-order valence-corrected chi connectivity index (χ4v) is 5.35. The Hall–Kier alpha value is -2.26. The maximum atomic E-state index is 11.8. The van der Waals surface area contributed by atoms with E-state index in [1.54, 1.807) is 41.3 Å². The lowest BCUT2D eigenvalue weighted by molar-refractivity contribution is 0.0523. The summed E-state index contributed by atoms with van der Waals surface area (Å²) in [6.45, 7) is 7.58. The number of carboxylic acid groups (broad SMARTS) is 1. The summed E-state index contributed by atoms with van der Waals surface area (Å²) in [6, 6.07) is 7.07. The number of hydrogen-bond acceptors (Lipinski definition) is 7. The average Bonchev–Trinajstić information content (AvgIpc) is 3.28. The molecule has 1 fully saturated rings. The fourth-order valence-electron chi connectivity index (χ4n) is 2.95. The minimum Gasteiger partial charge on any atom is -0.478 e. The monoisotopic (exact) mass is 435 g/mol. The van der Waals surface area contributed by atoms with E-state index in [-0.39, 0.29) is 0 Å². The Morgan fingerprint density at radius 1 is 1.41 bits per heavy atom. The number of ether oxygens (including phenoxy) is 1. The average molecular weight is 436 g/mol. The molecule has 3 rings (SSSR count). The summed E-state index contributed by atoms with van der Waals surface area (Å²) in [5.41, 5.74) is 0.731. The van der Waals surface area contributed by atoms with Gasteiger partial charge in [0.15, 0.2) is 0 Å². The fraction of sp³-hybridized carbons (Fsp3) is 0.450. The third kappa shape index (κ3) is 6.37. The van der Waals surface area contributed by atoms with E-state index >= 15 is 0 Å². The van der Waals surface area contributed by atoms with Gasteiger partial charge < -0.3 is 20.1 Å². The van der Waals surface area contributed by atoms with Crippen molar-refractivity contribution in [3.8, 4) is 0 Å². The maximum absolute atomic E-state index is 11.8. The number of anilines is 1. The van der Waals surface area contributed by atoms with Crippen LogP contribution in [0.3, 0.4) is 0 Å². The maximum Gasteiger partial charge on any atom is 0.408 e. The Kier molecular flexibility index (Phi) is 6.69. The quantitative estimate of drug-likeness (QED) is 0.701. The van der Waals surface area contributed by atoms with Crippen LogP contribution in [0.4, 0.5) is 10.5 Å². The van der Waals surface area contributed by atoms with Gasteiger partial charge in [-0.1, -0.05) is 6.07 Å². The van der Waals surface area contributed by atoms with Crippen molar-refractivity contribution in [2.75, 3.05) is 18.0 Å². The van der Waals surface area contributed by atoms with E-state index in [9.17, 15) is 14.7 Å². The molecule has 1 atom stereocenters. The first kappa shape index (κ1) is 21.4. The number of amides is 1. The molecule has 0 saturated carbocycles. The highest BCUT2D eigenvalue weighted by molar-refractivity contribution is 8.01. The zero-order valence-electron chi connectivity index (χ0n) is 16.7. The van der Waals surface area contributed by atoms with E-state index in [0.717, 1.165) is 34.4 Å². The number of carbonyl (C=O) groups is 2. The van der Waals surface area contributed by atoms with Crippen LogP contribution in [-0.2, 0) is 11.3 Å². The number of nitrogens with zero attached hydrogens (tertiary/aromatic N) is 2. The van der Waals surface area contributed by atoms with E-state index in [0.29, 0.717) is 17.4 Å². The predicted molar refractivity (Wildman–Crippen MR) is 115 cm³/mol. The van der Waals surface area contributed by atoms with Gasteiger partial charge >= 0.3 is 12.1 Å². The van der Waals surface area contributed by atoms with Gasteiger partial charge in [-0.15, -0.1) is 23.1 Å². The lowest BCUT2D eigenvalue weighted by Crippen LogP contribution is -2.32. The second-order valence-corrected chi connectivity index (χ2v) is 10.5. The molecule has 156 valence electrons. The van der Waals surface area contributed by atoms with E-state index in [1.165, 1.54) is 0 Å². The van der Waals surface area contributed by atoms with Crippen LogP contribution in [0.1, 0.15) is 42.6 Å². The van der Waals surface area contributed by atoms with Crippen molar-refractivity contribution in [2.45, 2.75) is 48.8 Å². The molecule has 0 spiro atoms. The number of thiazole rings is 1. The lowest BCUT2D eigenvalue weighted by atomic mass is 10.2. The van der Waals surface area contributed by atoms with Crippen molar-refractivity contribution in [1.82, 2.24) is 10.3 Å². The van der Waals surface area contributed by atoms with Crippen LogP contribution in [0.25, 0.3) is 0 Å². The van der Waals surface area contributed by atoms with Crippen molar-refractivity contribution in [1.29, 1.82) is 0 Å². The van der Waals surface area contributed by atoms with Gasteiger partial charge in [-0.2, -0.15) is 0 Å². The number of alkyl carbamates (subject to hydrolysis) is 1. The van der Waals surface area contributed by atoms with Crippen LogP contribution >= 0.6 is 23.1 Å². The molecule has 9 heteroatoms. The Morgan fingerprint density at radius 2 is 2.21 bits per heavy atom. The molecule has 0 bridgehead atoms. The molecule has 1 aromatic carbocycles. The lowest BCUT2D eigenvalue weighted by Gasteiger charge is -2.19. The summed E-state index contributed by atoms with van der Waals surface area (Å²) >= 11 is 3.35. The molecule has 2 N–H and O–H groups in total. The third-order valence-electron chi connectivity index (χ3n) is 4.20. The van der Waals surface area contributed by atoms with Gasteiger partial charge in [-0.25, -0.2) is 14.6 Å². The SMILES string of the molecule is CC(C)(C)OC(=O)NCc1ncc(SC2CCN(c3cccc(C(=O)O)c3)C2)s1. The summed E-state index contributed by atoms with van der Waals surface area (Å²) in [7, 11) is 0. The third-order valence-corrected chi connectivity index (χ3v) is 6.59. The molecule has 29 heavy (non-hydrogen) atoms. The van der Waals surface area contributed by atoms with Crippen molar-refractivity contribution in [3.63, 3.8) is 0 Å². The molecule has 1 unspecified atom stereocenters. The summed E-state index contributed by atoms with van der Waals surface area (Å²) in [6.07, 6.45) is 2.41. The highest BCUT2D eigenvalue weighted by Crippen LogP contribution is 2.35. The molecule has 7 nitrogen and oxygen atoms in total. The van der Waals surface area contributed by atoms with Gasteiger partial charge in [0.1, 0.15) is 10.6 Å². The van der Waals surface area contributed by atoms with Crippen molar-refractivity contribution in [2.24, 2.45) is 0 Å². The van der Waals surface area contributed by atoms with E-state index in [1.807, 2.05) is 33.0 Å². The number of carboxylic acids is 1. The Labute approximate surface area is 178 Å². The largest absolute Gasteiger partial charge is 0.478 e. The summed E-state index contributed by atoms with van der Waals surface area (Å²) < 4.78 is 6.34. The number of hydrogen-bond donors (Lipinski definition) is 2. The molecule has 0 radical (unpaired) electrons. The molecule has 2 heterocycles. The van der Waals surface area contributed by atoms with Crippen LogP contribution in [-0.4, -0.2) is 46.1 Å². The van der Waals surface area contributed by atoms with Crippen molar-refractivity contribution in [3.05, 3.63) is 41.0 Å². The summed E-state index contributed by atoms with van der Waals surface area (Å²) in [5, 5.41) is 13.1. The number of benzene rings is 1. The molecule has 2 aromatic rings. The topological polar surface area (TPSA) is 91.8 Å². The molecular weight excluding hydrogens is 410 g/mol. The van der Waals surface area contributed by atoms with E-state index in [4.69, 9.17) is 4.74 Å². The van der Waals surface area contributed by atoms with Gasteiger partial charge in [0.25, 0.3) is 0 Å². The zero-order chi connectivity index (χ0) is 21.0. The van der Waals surface area contributed by atoms with Gasteiger partial charge in [0.05, 0.1) is 22.5 Å². The predicted octanol–water partition coefficient (Wildman–Crippen LogP) is 4.24. The van der Waals surface area contributed by atoms with Crippen LogP contribution < -0.4 is 10.2 Å². The Bertz CT molecular complexity index is 879. The zero-order valence-corrected chi connectivity index (χ0v) is 18.3. The van der Waals surface area contributed by atoms with Crippen LogP contribution in [0, 0.1) is 0 Å². The molecule has 1 aromatic heterocycles. The number of aromatic carboxylic acids is 1. The smallest absolute Gasteiger partial charge is 0.408 e. The number of aromatic nitrogens is 1. The van der Waals surface area contributed by atoms with E-state index in [2.05, 4.69) is 15.2 Å². The molecule has 1 saturated heterocycles. The molecule has 1 aliphatic rings. The minimum absolute atomic E-state index is 0.309. The van der Waals surface area contributed by atoms with Gasteiger partial charge in [0, 0.05) is 24.0 Å². The van der Waals surface area contributed by atoms with Gasteiger partial charge in [-0.05, 0) is 45.4 Å². The molecule has 1 amide bonds. The minimum atomic E-state index is -0.908. The highest BCUT2D eigenvalue weighted by atomic mass is 32.2. The van der Waals surface area contributed by atoms with Crippen LogP contribution in [0.2, 0.25) is 0 Å². The standard InChI is InChI=1S/C20H25N3O4S2/c1-20(2,3)27-19(26)22-10-16-21-11-17(29-16)28-15-7-8-23(12-15)14-6-4-5-13(9-14)18(24)25/h4-6,9,11,15H,7-8,10,12H2,1-3H3,(H,22,26)(H,24,25). The first-order valence-corrected chi connectivity index (χ1v) is 11.1. The van der Waals surface area contributed by atoms with Crippen LogP contribution in [0.15, 0.2) is 34.7 Å². The van der Waals surface area contributed by atoms with Gasteiger partial charge in [0.2, 0.25) is 0 Å². The van der Waals surface area contributed by atoms with Gasteiger partial charge in [-0.3, -0.25) is 0 Å². The second kappa shape index (κ2) is 9.04. The summed E-state index contributed by atoms with van der Waals surface area (Å²) in [5.74, 6) is -0.908.